The Bertz CT molecular complexity index is 721. The van der Waals surface area contributed by atoms with E-state index >= 15 is 0 Å². The van der Waals surface area contributed by atoms with E-state index in [4.69, 9.17) is 0 Å². The van der Waals surface area contributed by atoms with Crippen molar-refractivity contribution in [1.82, 2.24) is 0 Å². The highest BCUT2D eigenvalue weighted by molar-refractivity contribution is 7.98. The first kappa shape index (κ1) is 16.5. The molecule has 1 radical (unpaired) electrons. The molecule has 2 rings (SSSR count). The third-order valence-corrected chi connectivity index (χ3v) is 3.88. The maximum atomic E-state index is 12.2. The molecule has 0 saturated carbocycles. The summed E-state index contributed by atoms with van der Waals surface area (Å²) in [5, 5.41) is 0. The van der Waals surface area contributed by atoms with Crippen molar-refractivity contribution < 1.29 is 13.2 Å². The number of thioether (sulfide) groups is 1. The molecule has 0 aliphatic rings. The van der Waals surface area contributed by atoms with Crippen molar-refractivity contribution in [2.75, 3.05) is 6.26 Å². The Balaban J connectivity index is 2.46. The molecule has 2 aromatic carbocycles. The number of halogens is 3. The van der Waals surface area contributed by atoms with Crippen molar-refractivity contribution in [1.29, 1.82) is 0 Å². The topological polar surface area (TPSA) is 0 Å². The van der Waals surface area contributed by atoms with Crippen LogP contribution in [0.25, 0.3) is 11.1 Å². The van der Waals surface area contributed by atoms with E-state index in [9.17, 15) is 13.2 Å². The van der Waals surface area contributed by atoms with Crippen LogP contribution < -0.4 is 0 Å². The monoisotopic (exact) mass is 319 g/mol. The molecule has 0 N–H and O–H groups in total. The fraction of sp³-hybridized carbons (Fsp3) is 0.222. The number of benzene rings is 2. The van der Waals surface area contributed by atoms with Gasteiger partial charge in [0.1, 0.15) is 0 Å². The first-order chi connectivity index (χ1) is 10.4. The van der Waals surface area contributed by atoms with E-state index in [2.05, 4.69) is 12.0 Å². The summed E-state index contributed by atoms with van der Waals surface area (Å²) in [5.41, 5.74) is 3.62. The van der Waals surface area contributed by atoms with Crippen LogP contribution >= 0.6 is 11.8 Å². The van der Waals surface area contributed by atoms with Crippen molar-refractivity contribution in [2.45, 2.75) is 24.4 Å². The van der Waals surface area contributed by atoms with Gasteiger partial charge in [0.15, 0.2) is 0 Å². The molecule has 0 heterocycles. The van der Waals surface area contributed by atoms with Gasteiger partial charge < -0.3 is 0 Å². The summed E-state index contributed by atoms with van der Waals surface area (Å²) in [6.45, 7) is 1.91. The van der Waals surface area contributed by atoms with Gasteiger partial charge >= 0.3 is 6.18 Å². The molecule has 0 spiro atoms. The van der Waals surface area contributed by atoms with E-state index in [0.29, 0.717) is 0 Å². The molecule has 0 saturated heterocycles. The molecule has 113 valence electrons. The summed E-state index contributed by atoms with van der Waals surface area (Å²) in [6.07, 6.45) is -2.43. The Morgan fingerprint density at radius 3 is 2.59 bits per heavy atom. The minimum absolute atomic E-state index is 0.0499. The zero-order valence-corrected chi connectivity index (χ0v) is 13.0. The normalized spacial score (nSPS) is 11.0. The smallest absolute Gasteiger partial charge is 0.159 e. The highest BCUT2D eigenvalue weighted by Gasteiger charge is 2.22. The minimum atomic E-state index is -4.45. The zero-order chi connectivity index (χ0) is 16.2. The van der Waals surface area contributed by atoms with E-state index < -0.39 is 6.18 Å². The highest BCUT2D eigenvalue weighted by atomic mass is 32.2. The van der Waals surface area contributed by atoms with Gasteiger partial charge in [-0.15, -0.1) is 11.8 Å². The largest absolute Gasteiger partial charge is 0.457 e. The summed E-state index contributed by atoms with van der Waals surface area (Å²) < 4.78 is 36.5. The molecule has 4 heteroatoms. The van der Waals surface area contributed by atoms with Gasteiger partial charge in [0.2, 0.25) is 0 Å². The van der Waals surface area contributed by atoms with Crippen LogP contribution in [0.4, 0.5) is 13.2 Å². The van der Waals surface area contributed by atoms with Gasteiger partial charge in [0, 0.05) is 17.2 Å². The maximum absolute atomic E-state index is 12.2. The third kappa shape index (κ3) is 4.32. The Labute approximate surface area is 132 Å². The summed E-state index contributed by atoms with van der Waals surface area (Å²) in [5.74, 6) is 3.53. The van der Waals surface area contributed by atoms with E-state index in [1.54, 1.807) is 17.8 Å². The molecule has 0 nitrogen and oxygen atoms in total. The maximum Gasteiger partial charge on any atom is 0.457 e. The second-order valence-corrected chi connectivity index (χ2v) is 5.58. The molecule has 22 heavy (non-hydrogen) atoms. The third-order valence-electron chi connectivity index (χ3n) is 3.09. The molecule has 0 aliphatic carbocycles. The van der Waals surface area contributed by atoms with Crippen LogP contribution in [-0.2, 0) is 6.42 Å². The fourth-order valence-corrected chi connectivity index (χ4v) is 2.75. The van der Waals surface area contributed by atoms with Gasteiger partial charge in [-0.2, -0.15) is 13.2 Å². The van der Waals surface area contributed by atoms with Crippen molar-refractivity contribution in [2.24, 2.45) is 0 Å². The molecule has 2 aromatic rings. The number of hydrogen-bond donors (Lipinski definition) is 0. The molecule has 0 aliphatic heterocycles. The van der Waals surface area contributed by atoms with Crippen LogP contribution in [0.3, 0.4) is 0 Å². The second-order valence-electron chi connectivity index (χ2n) is 4.73. The quantitative estimate of drug-likeness (QED) is 0.547. The van der Waals surface area contributed by atoms with E-state index in [1.807, 2.05) is 43.5 Å². The van der Waals surface area contributed by atoms with Crippen molar-refractivity contribution >= 4 is 11.8 Å². The van der Waals surface area contributed by atoms with Gasteiger partial charge in [-0.3, -0.25) is 0 Å². The van der Waals surface area contributed by atoms with Crippen LogP contribution in [0.5, 0.6) is 0 Å². The summed E-state index contributed by atoms with van der Waals surface area (Å²) >= 11 is 1.61. The Kier molecular flexibility index (Phi) is 5.20. The number of rotatable bonds is 3. The van der Waals surface area contributed by atoms with Crippen molar-refractivity contribution in [3.63, 3.8) is 0 Å². The highest BCUT2D eigenvalue weighted by Crippen LogP contribution is 2.33. The van der Waals surface area contributed by atoms with Crippen LogP contribution in [0.15, 0.2) is 41.3 Å². The number of hydrogen-bond acceptors (Lipinski definition) is 1. The molecule has 0 fully saturated rings. The van der Waals surface area contributed by atoms with Crippen molar-refractivity contribution in [3.05, 3.63) is 53.6 Å². The lowest BCUT2D eigenvalue weighted by molar-refractivity contribution is -0.0697. The van der Waals surface area contributed by atoms with Gasteiger partial charge in [0.25, 0.3) is 0 Å². The minimum Gasteiger partial charge on any atom is -0.159 e. The fourth-order valence-electron chi connectivity index (χ4n) is 2.13. The number of alkyl halides is 3. The molecular formula is C18H14F3S. The summed E-state index contributed by atoms with van der Waals surface area (Å²) in [4.78, 5) is 1.08. The van der Waals surface area contributed by atoms with E-state index in [1.165, 1.54) is 5.92 Å². The van der Waals surface area contributed by atoms with Gasteiger partial charge in [-0.1, -0.05) is 30.2 Å². The molecule has 0 aromatic heterocycles. The molecule has 0 unspecified atom stereocenters. The molecule has 0 atom stereocenters. The Morgan fingerprint density at radius 1 is 1.18 bits per heavy atom. The van der Waals surface area contributed by atoms with Crippen LogP contribution in [0, 0.1) is 24.8 Å². The van der Waals surface area contributed by atoms with E-state index in [-0.39, 0.29) is 6.42 Å². The van der Waals surface area contributed by atoms with Crippen molar-refractivity contribution in [3.8, 4) is 23.0 Å². The molecule has 0 bridgehead atoms. The van der Waals surface area contributed by atoms with Crippen LogP contribution in [0.2, 0.25) is 0 Å². The first-order valence-electron chi connectivity index (χ1n) is 6.62. The lowest BCUT2D eigenvalue weighted by Gasteiger charge is -2.12. The van der Waals surface area contributed by atoms with Gasteiger partial charge in [-0.05, 0) is 53.6 Å². The van der Waals surface area contributed by atoms with Crippen LogP contribution in [-0.4, -0.2) is 12.4 Å². The lowest BCUT2D eigenvalue weighted by Crippen LogP contribution is -2.02. The Hall–Kier alpha value is -1.86. The average molecular weight is 319 g/mol. The summed E-state index contributed by atoms with van der Waals surface area (Å²) in [7, 11) is 0. The zero-order valence-electron chi connectivity index (χ0n) is 12.2. The molecular weight excluding hydrogens is 305 g/mol. The predicted octanol–water partition coefficient (Wildman–Crippen LogP) is 5.29. The standard InChI is InChI=1S/C18H14F3S/c1-13-9-10-14(6-5-11-18(19,20)21)16(12-13)15-7-3-4-8-17(15)22-2/h3-4,7-8,10,12H,6H2,1-2H3. The van der Waals surface area contributed by atoms with Gasteiger partial charge in [-0.25, -0.2) is 0 Å². The average Bonchev–Trinajstić information content (AvgIpc) is 2.47. The van der Waals surface area contributed by atoms with Crippen LogP contribution in [0.1, 0.15) is 11.1 Å². The van der Waals surface area contributed by atoms with E-state index in [0.717, 1.165) is 27.1 Å². The lowest BCUT2D eigenvalue weighted by atomic mass is 9.96. The second kappa shape index (κ2) is 6.93. The Morgan fingerprint density at radius 2 is 1.91 bits per heavy atom. The first-order valence-corrected chi connectivity index (χ1v) is 7.84. The predicted molar refractivity (Wildman–Crippen MR) is 84.8 cm³/mol. The SMILES string of the molecule is CSc1ccccc1-c1cc(C)[c]cc1CC#CC(F)(F)F. The summed E-state index contributed by atoms with van der Waals surface area (Å²) in [6, 6.07) is 14.6. The van der Waals surface area contributed by atoms with Gasteiger partial charge in [0.05, 0.1) is 0 Å². The molecule has 0 amide bonds. The number of aryl methyl sites for hydroxylation is 1.